The zero-order chi connectivity index (χ0) is 11.5. The first-order valence-electron chi connectivity index (χ1n) is 6.23. The zero-order valence-electron chi connectivity index (χ0n) is 10.3. The molecule has 0 saturated carbocycles. The minimum atomic E-state index is 1.09. The summed E-state index contributed by atoms with van der Waals surface area (Å²) in [6, 6.07) is 0. The Balaban J connectivity index is 4.20. The molecular formula is C14H25Br. The van der Waals surface area contributed by atoms with Gasteiger partial charge >= 0.3 is 0 Å². The highest BCUT2D eigenvalue weighted by Crippen LogP contribution is 2.26. The number of hydrogen-bond acceptors (Lipinski definition) is 0. The van der Waals surface area contributed by atoms with Crippen LogP contribution < -0.4 is 0 Å². The summed E-state index contributed by atoms with van der Waals surface area (Å²) in [4.78, 5) is 0. The minimum absolute atomic E-state index is 1.09. The molecule has 0 aromatic rings. The summed E-state index contributed by atoms with van der Waals surface area (Å²) in [5.41, 5.74) is 1.64. The van der Waals surface area contributed by atoms with Crippen LogP contribution in [0, 0.1) is 0 Å². The first-order valence-corrected chi connectivity index (χ1v) is 7.02. The Morgan fingerprint density at radius 3 is 2.00 bits per heavy atom. The quantitative estimate of drug-likeness (QED) is 0.453. The van der Waals surface area contributed by atoms with Crippen molar-refractivity contribution in [1.82, 2.24) is 0 Å². The molecule has 0 saturated heterocycles. The van der Waals surface area contributed by atoms with Gasteiger partial charge in [0.15, 0.2) is 0 Å². The first-order chi connectivity index (χ1) is 7.26. The predicted octanol–water partition coefficient (Wildman–Crippen LogP) is 5.98. The molecule has 0 fully saturated rings. The summed E-state index contributed by atoms with van der Waals surface area (Å²) < 4.78 is 1.43. The molecule has 88 valence electrons. The third-order valence-electron chi connectivity index (χ3n) is 2.62. The Bertz CT molecular complexity index is 182. The maximum absolute atomic E-state index is 3.77. The highest BCUT2D eigenvalue weighted by Gasteiger charge is 2.03. The third-order valence-corrected chi connectivity index (χ3v) is 3.57. The summed E-state index contributed by atoms with van der Waals surface area (Å²) in [7, 11) is 0. The molecule has 0 radical (unpaired) electrons. The molecule has 0 amide bonds. The second-order valence-electron chi connectivity index (χ2n) is 4.04. The molecule has 0 unspecified atom stereocenters. The van der Waals surface area contributed by atoms with Gasteiger partial charge in [0.1, 0.15) is 0 Å². The summed E-state index contributed by atoms with van der Waals surface area (Å²) in [5.74, 6) is 0. The topological polar surface area (TPSA) is 0 Å². The molecule has 15 heavy (non-hydrogen) atoms. The average Bonchev–Trinajstić information content (AvgIpc) is 2.26. The lowest BCUT2D eigenvalue weighted by atomic mass is 10.0. The van der Waals surface area contributed by atoms with Crippen LogP contribution in [0.15, 0.2) is 22.7 Å². The van der Waals surface area contributed by atoms with Gasteiger partial charge in [-0.15, -0.1) is 6.58 Å². The van der Waals surface area contributed by atoms with Crippen molar-refractivity contribution >= 4 is 15.9 Å². The van der Waals surface area contributed by atoms with E-state index in [-0.39, 0.29) is 0 Å². The summed E-state index contributed by atoms with van der Waals surface area (Å²) in [6.45, 7) is 8.29. The molecule has 0 spiro atoms. The monoisotopic (exact) mass is 272 g/mol. The van der Waals surface area contributed by atoms with Crippen molar-refractivity contribution in [2.75, 3.05) is 0 Å². The van der Waals surface area contributed by atoms with Gasteiger partial charge in [-0.05, 0) is 43.0 Å². The molecule has 0 heterocycles. The maximum Gasteiger partial charge on any atom is -0.00543 e. The Kier molecular flexibility index (Phi) is 10.4. The van der Waals surface area contributed by atoms with Crippen molar-refractivity contribution in [3.8, 4) is 0 Å². The second kappa shape index (κ2) is 10.5. The Hall–Kier alpha value is -0.0400. The van der Waals surface area contributed by atoms with Crippen LogP contribution in [0.2, 0.25) is 0 Å². The van der Waals surface area contributed by atoms with Crippen LogP contribution in [0.5, 0.6) is 0 Å². The van der Waals surface area contributed by atoms with E-state index < -0.39 is 0 Å². The molecule has 0 aliphatic carbocycles. The molecule has 0 aliphatic heterocycles. The molecule has 0 bridgehead atoms. The smallest absolute Gasteiger partial charge is 0.00543 e. The molecule has 0 atom stereocenters. The van der Waals surface area contributed by atoms with E-state index >= 15 is 0 Å². The summed E-state index contributed by atoms with van der Waals surface area (Å²) >= 11 is 3.74. The standard InChI is InChI=1S/C14H25Br/c1-4-7-10-13(11-8-5-2)14(15)12-9-6-3/h6H,3-5,7-12H2,1-2H3. The predicted molar refractivity (Wildman–Crippen MR) is 74.4 cm³/mol. The molecule has 0 aliphatic rings. The van der Waals surface area contributed by atoms with Crippen LogP contribution in [-0.2, 0) is 0 Å². The average molecular weight is 273 g/mol. The summed E-state index contributed by atoms with van der Waals surface area (Å²) in [5, 5.41) is 0. The number of hydrogen-bond donors (Lipinski definition) is 0. The van der Waals surface area contributed by atoms with E-state index in [4.69, 9.17) is 0 Å². The van der Waals surface area contributed by atoms with Crippen LogP contribution in [0.4, 0.5) is 0 Å². The molecule has 0 rings (SSSR count). The van der Waals surface area contributed by atoms with Crippen LogP contribution in [-0.4, -0.2) is 0 Å². The van der Waals surface area contributed by atoms with E-state index in [0.29, 0.717) is 0 Å². The van der Waals surface area contributed by atoms with Crippen LogP contribution in [0.25, 0.3) is 0 Å². The van der Waals surface area contributed by atoms with Gasteiger partial charge in [-0.2, -0.15) is 0 Å². The second-order valence-corrected chi connectivity index (χ2v) is 5.00. The number of rotatable bonds is 9. The third kappa shape index (κ3) is 7.84. The van der Waals surface area contributed by atoms with Gasteiger partial charge in [-0.25, -0.2) is 0 Å². The van der Waals surface area contributed by atoms with Gasteiger partial charge in [0.25, 0.3) is 0 Å². The van der Waals surface area contributed by atoms with Gasteiger partial charge in [-0.1, -0.05) is 54.3 Å². The van der Waals surface area contributed by atoms with Crippen molar-refractivity contribution < 1.29 is 0 Å². The highest BCUT2D eigenvalue weighted by molar-refractivity contribution is 9.11. The van der Waals surface area contributed by atoms with Crippen LogP contribution >= 0.6 is 15.9 Å². The van der Waals surface area contributed by atoms with Gasteiger partial charge in [0.2, 0.25) is 0 Å². The lowest BCUT2D eigenvalue weighted by molar-refractivity contribution is 0.706. The minimum Gasteiger partial charge on any atom is -0.103 e. The van der Waals surface area contributed by atoms with Crippen LogP contribution in [0.1, 0.15) is 65.2 Å². The summed E-state index contributed by atoms with van der Waals surface area (Å²) in [6.07, 6.45) is 12.0. The fourth-order valence-corrected chi connectivity index (χ4v) is 2.21. The molecule has 0 aromatic carbocycles. The maximum atomic E-state index is 3.77. The fourth-order valence-electron chi connectivity index (χ4n) is 1.58. The van der Waals surface area contributed by atoms with Gasteiger partial charge in [-0.3, -0.25) is 0 Å². The Labute approximate surface area is 104 Å². The van der Waals surface area contributed by atoms with Crippen LogP contribution in [0.3, 0.4) is 0 Å². The van der Waals surface area contributed by atoms with E-state index in [0.717, 1.165) is 12.8 Å². The SMILES string of the molecule is C=CCCC(Br)=C(CCCC)CCCC. The highest BCUT2D eigenvalue weighted by atomic mass is 79.9. The van der Waals surface area contributed by atoms with E-state index in [1.54, 1.807) is 5.57 Å². The largest absolute Gasteiger partial charge is 0.103 e. The van der Waals surface area contributed by atoms with E-state index in [9.17, 15) is 0 Å². The van der Waals surface area contributed by atoms with E-state index in [1.807, 2.05) is 6.08 Å². The Morgan fingerprint density at radius 1 is 1.07 bits per heavy atom. The fraction of sp³-hybridized carbons (Fsp3) is 0.714. The number of halogens is 1. The van der Waals surface area contributed by atoms with Crippen molar-refractivity contribution in [3.63, 3.8) is 0 Å². The zero-order valence-corrected chi connectivity index (χ0v) is 11.9. The van der Waals surface area contributed by atoms with Crippen molar-refractivity contribution in [2.45, 2.75) is 65.2 Å². The van der Waals surface area contributed by atoms with Gasteiger partial charge in [0.05, 0.1) is 0 Å². The lowest BCUT2D eigenvalue weighted by Gasteiger charge is -2.10. The van der Waals surface area contributed by atoms with E-state index in [2.05, 4.69) is 36.4 Å². The van der Waals surface area contributed by atoms with Gasteiger partial charge in [0, 0.05) is 0 Å². The molecule has 1 heteroatoms. The first kappa shape index (κ1) is 15.0. The molecule has 0 aromatic heterocycles. The molecular weight excluding hydrogens is 248 g/mol. The van der Waals surface area contributed by atoms with Crippen molar-refractivity contribution in [1.29, 1.82) is 0 Å². The number of allylic oxidation sites excluding steroid dienone is 3. The number of unbranched alkanes of at least 4 members (excludes halogenated alkanes) is 2. The van der Waals surface area contributed by atoms with Crippen molar-refractivity contribution in [3.05, 3.63) is 22.7 Å². The van der Waals surface area contributed by atoms with E-state index in [1.165, 1.54) is 43.0 Å². The van der Waals surface area contributed by atoms with Gasteiger partial charge < -0.3 is 0 Å². The Morgan fingerprint density at radius 2 is 1.60 bits per heavy atom. The molecule has 0 nitrogen and oxygen atoms in total. The lowest BCUT2D eigenvalue weighted by Crippen LogP contribution is -1.89. The normalized spacial score (nSPS) is 10.1. The molecule has 0 N–H and O–H groups in total. The van der Waals surface area contributed by atoms with Crippen molar-refractivity contribution in [2.24, 2.45) is 0 Å².